The van der Waals surface area contributed by atoms with Gasteiger partial charge in [-0.3, -0.25) is 13.8 Å². The van der Waals surface area contributed by atoms with Crippen LogP contribution in [0.1, 0.15) is 101 Å². The van der Waals surface area contributed by atoms with Crippen LogP contribution in [0.15, 0.2) is 53.4 Å². The monoisotopic (exact) mass is 475 g/mol. The number of imidazole rings is 1. The van der Waals surface area contributed by atoms with Crippen molar-refractivity contribution in [2.24, 2.45) is 4.66 Å². The molecule has 0 N–H and O–H groups in total. The van der Waals surface area contributed by atoms with E-state index in [-0.39, 0.29) is 0 Å². The summed E-state index contributed by atoms with van der Waals surface area (Å²) in [6.45, 7) is 25.3. The second kappa shape index (κ2) is 10.1. The van der Waals surface area contributed by atoms with Crippen LogP contribution in [0.2, 0.25) is 19.6 Å². The van der Waals surface area contributed by atoms with Gasteiger partial charge in [-0.05, 0) is 65.6 Å². The zero-order chi connectivity index (χ0) is 25.4. The fourth-order valence-corrected chi connectivity index (χ4v) is 5.53. The summed E-state index contributed by atoms with van der Waals surface area (Å²) in [6, 6.07) is 13.6. The maximum Gasteiger partial charge on any atom is 0.205 e. The molecule has 3 aromatic rings. The van der Waals surface area contributed by atoms with Gasteiger partial charge in [0.2, 0.25) is 5.62 Å². The number of hydrogen-bond acceptors (Lipinski definition) is 1. The van der Waals surface area contributed by atoms with Gasteiger partial charge in [0.1, 0.15) is 0 Å². The first-order chi connectivity index (χ1) is 15.8. The SMILES string of the molecule is CC(C)c1cccc(C(C)C)c1-n1ccn(-c2c(C(C)C)cccc2C(C)C)c1=N[Si](C)(C)C. The van der Waals surface area contributed by atoms with Gasteiger partial charge in [-0.25, -0.2) is 0 Å². The van der Waals surface area contributed by atoms with Crippen molar-refractivity contribution in [2.75, 3.05) is 0 Å². The van der Waals surface area contributed by atoms with Crippen molar-refractivity contribution in [3.05, 3.63) is 76.7 Å². The third-order valence-electron chi connectivity index (χ3n) is 6.40. The van der Waals surface area contributed by atoms with Gasteiger partial charge in [-0.15, -0.1) is 0 Å². The molecule has 0 aliphatic carbocycles. The van der Waals surface area contributed by atoms with Gasteiger partial charge in [-0.1, -0.05) is 91.8 Å². The normalized spacial score (nSPS) is 12.4. The lowest BCUT2D eigenvalue weighted by Gasteiger charge is -2.23. The van der Waals surface area contributed by atoms with Crippen LogP contribution in [0.3, 0.4) is 0 Å². The predicted octanol–water partition coefficient (Wildman–Crippen LogP) is 8.50. The van der Waals surface area contributed by atoms with Gasteiger partial charge in [-0.2, -0.15) is 0 Å². The van der Waals surface area contributed by atoms with E-state index in [9.17, 15) is 0 Å². The third-order valence-corrected chi connectivity index (χ3v) is 7.27. The average Bonchev–Trinajstić information content (AvgIpc) is 3.13. The predicted molar refractivity (Wildman–Crippen MR) is 150 cm³/mol. The molecule has 0 unspecified atom stereocenters. The summed E-state index contributed by atoms with van der Waals surface area (Å²) in [5, 5.41) is 0. The molecule has 0 bridgehead atoms. The van der Waals surface area contributed by atoms with Gasteiger partial charge in [0.25, 0.3) is 0 Å². The summed E-state index contributed by atoms with van der Waals surface area (Å²) in [5.74, 6) is 1.72. The van der Waals surface area contributed by atoms with Gasteiger partial charge >= 0.3 is 0 Å². The molecule has 3 nitrogen and oxygen atoms in total. The molecule has 4 heteroatoms. The van der Waals surface area contributed by atoms with Crippen LogP contribution >= 0.6 is 0 Å². The Hall–Kier alpha value is -2.33. The molecule has 1 aromatic heterocycles. The highest BCUT2D eigenvalue weighted by Crippen LogP contribution is 2.33. The fourth-order valence-electron chi connectivity index (χ4n) is 4.72. The van der Waals surface area contributed by atoms with E-state index in [2.05, 4.69) is 133 Å². The Bertz CT molecular complexity index is 1060. The van der Waals surface area contributed by atoms with Gasteiger partial charge in [0, 0.05) is 12.4 Å². The van der Waals surface area contributed by atoms with E-state index in [4.69, 9.17) is 4.66 Å². The minimum Gasteiger partial charge on any atom is -0.291 e. The standard InChI is InChI=1S/C30H45N3Si/c1-20(2)24-14-12-15-25(21(3)4)28(24)32-18-19-33(30(32)31-34(9,10)11)29-26(22(5)6)16-13-17-27(29)23(7)8/h12-23H,1-11H3. The molecule has 1 heterocycles. The van der Waals surface area contributed by atoms with E-state index in [1.165, 1.54) is 33.6 Å². The maximum atomic E-state index is 5.47. The molecule has 0 atom stereocenters. The van der Waals surface area contributed by atoms with Crippen LogP contribution < -0.4 is 5.62 Å². The summed E-state index contributed by atoms with van der Waals surface area (Å²) in [7, 11) is -1.79. The van der Waals surface area contributed by atoms with Crippen LogP contribution in [0.5, 0.6) is 0 Å². The van der Waals surface area contributed by atoms with Crippen molar-refractivity contribution in [3.63, 3.8) is 0 Å². The number of aromatic nitrogens is 2. The van der Waals surface area contributed by atoms with Gasteiger partial charge in [0.15, 0.2) is 8.24 Å². The zero-order valence-electron chi connectivity index (χ0n) is 23.3. The Kier molecular flexibility index (Phi) is 7.81. The molecule has 0 saturated heterocycles. The molecule has 3 rings (SSSR count). The Morgan fingerprint density at radius 2 is 0.853 bits per heavy atom. The molecule has 2 aromatic carbocycles. The second-order valence-corrected chi connectivity index (χ2v) is 16.4. The molecular weight excluding hydrogens is 430 g/mol. The molecule has 0 saturated carbocycles. The lowest BCUT2D eigenvalue weighted by molar-refractivity contribution is 0.763. The quantitative estimate of drug-likeness (QED) is 0.306. The third kappa shape index (κ3) is 5.32. The molecule has 0 radical (unpaired) electrons. The Morgan fingerprint density at radius 3 is 1.09 bits per heavy atom. The molecule has 0 amide bonds. The van der Waals surface area contributed by atoms with E-state index in [0.717, 1.165) is 5.62 Å². The smallest absolute Gasteiger partial charge is 0.205 e. The molecule has 34 heavy (non-hydrogen) atoms. The molecule has 0 spiro atoms. The van der Waals surface area contributed by atoms with E-state index in [1.54, 1.807) is 0 Å². The Labute approximate surface area is 208 Å². The van der Waals surface area contributed by atoms with Crippen LogP contribution in [0, 0.1) is 0 Å². The summed E-state index contributed by atoms with van der Waals surface area (Å²) in [6.07, 6.45) is 4.49. The first kappa shape index (κ1) is 26.3. The topological polar surface area (TPSA) is 22.2 Å². The highest BCUT2D eigenvalue weighted by atomic mass is 28.3. The minimum atomic E-state index is -1.79. The average molecular weight is 476 g/mol. The summed E-state index contributed by atoms with van der Waals surface area (Å²) < 4.78 is 10.2. The van der Waals surface area contributed by atoms with Crippen LogP contribution in [-0.4, -0.2) is 17.4 Å². The first-order valence-electron chi connectivity index (χ1n) is 13.0. The van der Waals surface area contributed by atoms with Crippen molar-refractivity contribution >= 4 is 8.24 Å². The summed E-state index contributed by atoms with van der Waals surface area (Å²) in [4.78, 5) is 0. The summed E-state index contributed by atoms with van der Waals surface area (Å²) >= 11 is 0. The number of benzene rings is 2. The second-order valence-electron chi connectivity index (χ2n) is 11.8. The highest BCUT2D eigenvalue weighted by Gasteiger charge is 2.22. The van der Waals surface area contributed by atoms with E-state index < -0.39 is 8.24 Å². The van der Waals surface area contributed by atoms with E-state index in [0.29, 0.717) is 23.7 Å². The maximum absolute atomic E-state index is 5.47. The lowest BCUT2D eigenvalue weighted by atomic mass is 9.92. The lowest BCUT2D eigenvalue weighted by Crippen LogP contribution is -2.33. The fraction of sp³-hybridized carbons (Fsp3) is 0.500. The van der Waals surface area contributed by atoms with Gasteiger partial charge in [0.05, 0.1) is 11.4 Å². The van der Waals surface area contributed by atoms with E-state index in [1.807, 2.05) is 0 Å². The molecule has 0 fully saturated rings. The molecular formula is C30H45N3Si. The van der Waals surface area contributed by atoms with Crippen molar-refractivity contribution in [1.82, 2.24) is 9.13 Å². The van der Waals surface area contributed by atoms with Crippen molar-refractivity contribution in [2.45, 2.75) is 98.7 Å². The highest BCUT2D eigenvalue weighted by molar-refractivity contribution is 6.74. The van der Waals surface area contributed by atoms with Crippen LogP contribution in [0.25, 0.3) is 11.4 Å². The molecule has 0 aliphatic rings. The van der Waals surface area contributed by atoms with Crippen molar-refractivity contribution in [1.29, 1.82) is 0 Å². The number of para-hydroxylation sites is 2. The van der Waals surface area contributed by atoms with Gasteiger partial charge < -0.3 is 0 Å². The number of hydrogen-bond donors (Lipinski definition) is 0. The van der Waals surface area contributed by atoms with Crippen molar-refractivity contribution < 1.29 is 0 Å². The number of rotatable bonds is 7. The first-order valence-corrected chi connectivity index (χ1v) is 16.4. The van der Waals surface area contributed by atoms with E-state index >= 15 is 0 Å². The van der Waals surface area contributed by atoms with Crippen LogP contribution in [-0.2, 0) is 0 Å². The Morgan fingerprint density at radius 1 is 0.559 bits per heavy atom. The number of nitrogens with zero attached hydrogens (tertiary/aromatic N) is 3. The Balaban J connectivity index is 2.52. The zero-order valence-corrected chi connectivity index (χ0v) is 24.3. The largest absolute Gasteiger partial charge is 0.291 e. The van der Waals surface area contributed by atoms with Crippen molar-refractivity contribution in [3.8, 4) is 11.4 Å². The van der Waals surface area contributed by atoms with Crippen LogP contribution in [0.4, 0.5) is 0 Å². The molecule has 184 valence electrons. The molecule has 0 aliphatic heterocycles. The summed E-state index contributed by atoms with van der Waals surface area (Å²) in [5.41, 5.74) is 9.16. The minimum absolute atomic E-state index is 0.429.